The van der Waals surface area contributed by atoms with Gasteiger partial charge >= 0.3 is 6.03 Å². The highest BCUT2D eigenvalue weighted by molar-refractivity contribution is 6.74. The minimum atomic E-state index is -2.07. The van der Waals surface area contributed by atoms with Gasteiger partial charge in [0.1, 0.15) is 18.7 Å². The van der Waals surface area contributed by atoms with Gasteiger partial charge in [0.25, 0.3) is 8.32 Å². The molecule has 2 amide bonds. The summed E-state index contributed by atoms with van der Waals surface area (Å²) in [6.45, 7) is 14.2. The molecule has 3 aliphatic rings. The van der Waals surface area contributed by atoms with Crippen LogP contribution in [0.5, 0.6) is 0 Å². The molecule has 1 aromatic rings. The van der Waals surface area contributed by atoms with Crippen LogP contribution in [0.4, 0.5) is 4.79 Å². The Morgan fingerprint density at radius 3 is 2.55 bits per heavy atom. The molecule has 0 spiro atoms. The summed E-state index contributed by atoms with van der Waals surface area (Å²) in [6, 6.07) is 9.21. The normalized spacial score (nSPS) is 24.2. The fourth-order valence-corrected chi connectivity index (χ4v) is 4.84. The third-order valence-electron chi connectivity index (χ3n) is 7.30. The zero-order chi connectivity index (χ0) is 24.1. The van der Waals surface area contributed by atoms with E-state index >= 15 is 0 Å². The van der Waals surface area contributed by atoms with Gasteiger partial charge in [-0.1, -0.05) is 51.1 Å². The predicted molar refractivity (Wildman–Crippen MR) is 130 cm³/mol. The highest BCUT2D eigenvalue weighted by atomic mass is 28.4. The molecule has 2 bridgehead atoms. The van der Waals surface area contributed by atoms with Crippen LogP contribution in [0.1, 0.15) is 33.3 Å². The van der Waals surface area contributed by atoms with Gasteiger partial charge in [0.2, 0.25) is 0 Å². The molecule has 1 aromatic carbocycles. The van der Waals surface area contributed by atoms with Crippen molar-refractivity contribution < 1.29 is 14.2 Å². The lowest BCUT2D eigenvalue weighted by Crippen LogP contribution is -2.51. The zero-order valence-corrected chi connectivity index (χ0v) is 21.7. The molecule has 0 aromatic heterocycles. The third-order valence-corrected chi connectivity index (χ3v) is 11.5. The van der Waals surface area contributed by atoms with E-state index in [0.29, 0.717) is 19.7 Å². The van der Waals surface area contributed by atoms with Crippen LogP contribution in [-0.2, 0) is 16.0 Å². The van der Waals surface area contributed by atoms with Crippen LogP contribution in [-0.4, -0.2) is 72.4 Å². The van der Waals surface area contributed by atoms with E-state index in [2.05, 4.69) is 39.0 Å². The van der Waals surface area contributed by atoms with Crippen molar-refractivity contribution in [3.05, 3.63) is 47.2 Å². The molecule has 180 valence electrons. The van der Waals surface area contributed by atoms with E-state index in [1.54, 1.807) is 10.0 Å². The Labute approximate surface area is 197 Å². The standard InChI is InChI=1S/C23H36N6O3Si/c1-16(25-32-33(6,7)23(2,3)4)21-20-18(26(5)29(21)24)13-27-14-19(20)28(22(27)30)31-15-17-11-9-8-10-12-17/h8-12,19,21H,13-15,24H2,1-7H3/b25-16+. The molecule has 9 nitrogen and oxygen atoms in total. The Morgan fingerprint density at radius 2 is 1.91 bits per heavy atom. The van der Waals surface area contributed by atoms with Crippen molar-refractivity contribution in [3.8, 4) is 0 Å². The number of carbonyl (C=O) groups excluding carboxylic acids is 1. The summed E-state index contributed by atoms with van der Waals surface area (Å²) in [5.41, 5.74) is 3.85. The Hall–Kier alpha value is -2.40. The topological polar surface area (TPSA) is 86.9 Å². The van der Waals surface area contributed by atoms with E-state index in [1.165, 1.54) is 5.06 Å². The van der Waals surface area contributed by atoms with Crippen LogP contribution in [0.2, 0.25) is 18.1 Å². The van der Waals surface area contributed by atoms with Crippen molar-refractivity contribution in [3.63, 3.8) is 0 Å². The number of likely N-dealkylation sites (N-methyl/N-ethyl adjacent to an activating group) is 1. The summed E-state index contributed by atoms with van der Waals surface area (Å²) in [5.74, 6) is 6.51. The second-order valence-corrected chi connectivity index (χ2v) is 15.3. The lowest BCUT2D eigenvalue weighted by molar-refractivity contribution is -0.134. The fourth-order valence-electron chi connectivity index (χ4n) is 4.19. The van der Waals surface area contributed by atoms with Gasteiger partial charge < -0.3 is 9.43 Å². The van der Waals surface area contributed by atoms with Crippen molar-refractivity contribution in [1.29, 1.82) is 0 Å². The maximum absolute atomic E-state index is 13.1. The molecule has 1 fully saturated rings. The van der Waals surface area contributed by atoms with Crippen molar-refractivity contribution >= 4 is 20.1 Å². The smallest absolute Gasteiger partial charge is 0.345 e. The molecule has 2 atom stereocenters. The average molecular weight is 473 g/mol. The van der Waals surface area contributed by atoms with E-state index in [-0.39, 0.29) is 23.2 Å². The number of carbonyl (C=O) groups is 1. The maximum Gasteiger partial charge on any atom is 0.345 e. The summed E-state index contributed by atoms with van der Waals surface area (Å²) in [7, 11) is -0.147. The first kappa shape index (κ1) is 23.7. The molecule has 10 heteroatoms. The second-order valence-electron chi connectivity index (χ2n) is 10.6. The van der Waals surface area contributed by atoms with Gasteiger partial charge in [-0.15, -0.1) is 10.3 Å². The number of hydroxylamine groups is 2. The van der Waals surface area contributed by atoms with E-state index < -0.39 is 8.32 Å². The second kappa shape index (κ2) is 8.43. The number of oxime groups is 1. The van der Waals surface area contributed by atoms with Crippen molar-refractivity contribution in [2.45, 2.75) is 64.5 Å². The summed E-state index contributed by atoms with van der Waals surface area (Å²) in [5, 5.41) is 9.73. The van der Waals surface area contributed by atoms with Gasteiger partial charge in [0, 0.05) is 19.2 Å². The van der Waals surface area contributed by atoms with E-state index in [1.807, 2.05) is 49.3 Å². The Bertz CT molecular complexity index is 974. The van der Waals surface area contributed by atoms with Crippen molar-refractivity contribution in [1.82, 2.24) is 20.1 Å². The number of hydrazine groups is 2. The van der Waals surface area contributed by atoms with Gasteiger partial charge in [-0.25, -0.2) is 10.6 Å². The summed E-state index contributed by atoms with van der Waals surface area (Å²) >= 11 is 0. The largest absolute Gasteiger partial charge is 0.455 e. The van der Waals surface area contributed by atoms with Gasteiger partial charge in [-0.05, 0) is 30.6 Å². The lowest BCUT2D eigenvalue weighted by atomic mass is 9.93. The molecule has 0 saturated carbocycles. The van der Waals surface area contributed by atoms with Crippen LogP contribution < -0.4 is 5.84 Å². The molecule has 1 saturated heterocycles. The number of hydrogen-bond donors (Lipinski definition) is 1. The van der Waals surface area contributed by atoms with E-state index in [0.717, 1.165) is 22.5 Å². The zero-order valence-electron chi connectivity index (χ0n) is 20.7. The predicted octanol–water partition coefficient (Wildman–Crippen LogP) is 3.29. The van der Waals surface area contributed by atoms with Crippen LogP contribution >= 0.6 is 0 Å². The Morgan fingerprint density at radius 1 is 1.24 bits per heavy atom. The molecular weight excluding hydrogens is 436 g/mol. The van der Waals surface area contributed by atoms with Crippen molar-refractivity contribution in [2.75, 3.05) is 20.1 Å². The first-order chi connectivity index (χ1) is 15.4. The highest BCUT2D eigenvalue weighted by Gasteiger charge is 2.53. The van der Waals surface area contributed by atoms with Crippen molar-refractivity contribution in [2.24, 2.45) is 11.0 Å². The van der Waals surface area contributed by atoms with Crippen LogP contribution in [0.25, 0.3) is 0 Å². The number of nitrogens with two attached hydrogens (primary N) is 1. The van der Waals surface area contributed by atoms with Crippen LogP contribution in [0.15, 0.2) is 46.8 Å². The van der Waals surface area contributed by atoms with Crippen LogP contribution in [0.3, 0.4) is 0 Å². The first-order valence-corrected chi connectivity index (χ1v) is 14.3. The quantitative estimate of drug-likeness (QED) is 0.296. The number of fused-ring (bicyclic) bond motifs is 3. The molecule has 3 heterocycles. The number of amides is 2. The molecule has 4 rings (SSSR count). The first-order valence-electron chi connectivity index (χ1n) is 11.4. The minimum Gasteiger partial charge on any atom is -0.455 e. The lowest BCUT2D eigenvalue weighted by Gasteiger charge is -2.34. The summed E-state index contributed by atoms with van der Waals surface area (Å²) < 4.78 is 6.15. The molecule has 0 radical (unpaired) electrons. The molecule has 2 N–H and O–H groups in total. The Kier molecular flexibility index (Phi) is 6.06. The molecular formula is C23H36N6O3Si. The number of rotatable bonds is 6. The number of nitrogens with zero attached hydrogens (tertiary/aromatic N) is 5. The average Bonchev–Trinajstić information content (AvgIpc) is 3.16. The maximum atomic E-state index is 13.1. The van der Waals surface area contributed by atoms with E-state index in [4.69, 9.17) is 15.2 Å². The SMILES string of the molecule is C/C(=N\O[Si](C)(C)C(C)(C)C)C1C2=C(CN3CC2N(OCc2ccccc2)C3=O)N(C)N1N. The summed E-state index contributed by atoms with van der Waals surface area (Å²) in [4.78, 5) is 20.9. The molecule has 33 heavy (non-hydrogen) atoms. The molecule has 3 aliphatic heterocycles. The fraction of sp³-hybridized carbons (Fsp3) is 0.565. The minimum absolute atomic E-state index is 0.0430. The number of benzene rings is 1. The Balaban J connectivity index is 1.60. The number of urea groups is 1. The van der Waals surface area contributed by atoms with Gasteiger partial charge in [0.15, 0.2) is 0 Å². The molecule has 0 aliphatic carbocycles. The summed E-state index contributed by atoms with van der Waals surface area (Å²) in [6.07, 6.45) is 0. The monoisotopic (exact) mass is 472 g/mol. The third kappa shape index (κ3) is 4.16. The van der Waals surface area contributed by atoms with Gasteiger partial charge in [0.05, 0.1) is 18.0 Å². The van der Waals surface area contributed by atoms with Gasteiger partial charge in [-0.3, -0.25) is 9.85 Å². The van der Waals surface area contributed by atoms with Crippen LogP contribution in [0, 0.1) is 0 Å². The highest BCUT2D eigenvalue weighted by Crippen LogP contribution is 2.40. The number of hydrogen-bond acceptors (Lipinski definition) is 7. The van der Waals surface area contributed by atoms with E-state index in [9.17, 15) is 4.79 Å². The molecule has 2 unspecified atom stereocenters. The van der Waals surface area contributed by atoms with Gasteiger partial charge in [-0.2, -0.15) is 5.06 Å².